The van der Waals surface area contributed by atoms with Crippen molar-refractivity contribution >= 4 is 11.3 Å². The predicted molar refractivity (Wildman–Crippen MR) is 65.1 cm³/mol. The molecule has 3 nitrogen and oxygen atoms in total. The molecule has 16 heavy (non-hydrogen) atoms. The minimum atomic E-state index is 0.965. The molecule has 4 heteroatoms. The molecule has 0 atom stereocenters. The zero-order valence-electron chi connectivity index (χ0n) is 8.42. The molecule has 0 aliphatic carbocycles. The van der Waals surface area contributed by atoms with Crippen LogP contribution in [0.4, 0.5) is 0 Å². The van der Waals surface area contributed by atoms with Gasteiger partial charge in [0, 0.05) is 17.1 Å². The highest BCUT2D eigenvalue weighted by atomic mass is 32.1. The monoisotopic (exact) mass is 227 g/mol. The third kappa shape index (κ3) is 1.63. The number of nitrogens with zero attached hydrogens (tertiary/aromatic N) is 2. The Morgan fingerprint density at radius 1 is 1.06 bits per heavy atom. The topological polar surface area (TPSA) is 41.6 Å². The zero-order chi connectivity index (χ0) is 10.8. The average Bonchev–Trinajstić information content (AvgIpc) is 3.01. The standard InChI is InChI=1S/C12H9N3S/c1-2-4-9(5-3-1)11-8-16-12(14-11)10-6-7-13-15-10/h1-8H,(H,13,15). The number of rotatable bonds is 2. The van der Waals surface area contributed by atoms with Crippen molar-refractivity contribution in [1.82, 2.24) is 15.2 Å². The molecule has 1 aromatic carbocycles. The Balaban J connectivity index is 2.00. The van der Waals surface area contributed by atoms with Crippen molar-refractivity contribution < 1.29 is 0 Å². The van der Waals surface area contributed by atoms with Crippen molar-refractivity contribution in [3.05, 3.63) is 48.0 Å². The number of H-pyrrole nitrogens is 1. The van der Waals surface area contributed by atoms with E-state index in [0.717, 1.165) is 22.0 Å². The SMILES string of the molecule is c1ccc(-c2csc(-c3ccn[nH]3)n2)cc1. The highest BCUT2D eigenvalue weighted by Gasteiger charge is 2.06. The first-order chi connectivity index (χ1) is 7.93. The number of aromatic nitrogens is 3. The second kappa shape index (κ2) is 3.90. The van der Waals surface area contributed by atoms with Gasteiger partial charge >= 0.3 is 0 Å². The molecule has 78 valence electrons. The van der Waals surface area contributed by atoms with Crippen LogP contribution in [0.15, 0.2) is 48.0 Å². The normalized spacial score (nSPS) is 10.5. The third-order valence-corrected chi connectivity index (χ3v) is 3.18. The maximum Gasteiger partial charge on any atom is 0.141 e. The maximum absolute atomic E-state index is 4.57. The molecular formula is C12H9N3S. The van der Waals surface area contributed by atoms with Gasteiger partial charge in [0.15, 0.2) is 0 Å². The minimum Gasteiger partial charge on any atom is -0.275 e. The highest BCUT2D eigenvalue weighted by molar-refractivity contribution is 7.13. The van der Waals surface area contributed by atoms with E-state index in [1.165, 1.54) is 0 Å². The Hall–Kier alpha value is -1.94. The van der Waals surface area contributed by atoms with E-state index in [-0.39, 0.29) is 0 Å². The molecule has 0 fully saturated rings. The van der Waals surface area contributed by atoms with Crippen LogP contribution in [0.25, 0.3) is 22.0 Å². The van der Waals surface area contributed by atoms with E-state index in [4.69, 9.17) is 0 Å². The molecule has 1 N–H and O–H groups in total. The number of nitrogens with one attached hydrogen (secondary N) is 1. The summed E-state index contributed by atoms with van der Waals surface area (Å²) in [5, 5.41) is 9.87. The Kier molecular flexibility index (Phi) is 2.27. The fourth-order valence-corrected chi connectivity index (χ4v) is 2.32. The molecule has 0 unspecified atom stereocenters. The number of benzene rings is 1. The Morgan fingerprint density at radius 2 is 1.94 bits per heavy atom. The fourth-order valence-electron chi connectivity index (χ4n) is 1.51. The van der Waals surface area contributed by atoms with Crippen LogP contribution < -0.4 is 0 Å². The smallest absolute Gasteiger partial charge is 0.141 e. The van der Waals surface area contributed by atoms with Crippen molar-refractivity contribution in [2.45, 2.75) is 0 Å². The molecular weight excluding hydrogens is 218 g/mol. The molecule has 3 aromatic rings. The van der Waals surface area contributed by atoms with Crippen molar-refractivity contribution in [3.63, 3.8) is 0 Å². The zero-order valence-corrected chi connectivity index (χ0v) is 9.24. The van der Waals surface area contributed by atoms with E-state index < -0.39 is 0 Å². The molecule has 0 saturated carbocycles. The lowest BCUT2D eigenvalue weighted by Crippen LogP contribution is -1.79. The molecule has 2 heterocycles. The largest absolute Gasteiger partial charge is 0.275 e. The molecule has 0 amide bonds. The second-order valence-corrected chi connectivity index (χ2v) is 4.23. The fraction of sp³-hybridized carbons (Fsp3) is 0. The highest BCUT2D eigenvalue weighted by Crippen LogP contribution is 2.27. The van der Waals surface area contributed by atoms with Gasteiger partial charge in [-0.2, -0.15) is 5.10 Å². The van der Waals surface area contributed by atoms with Crippen LogP contribution in [0.3, 0.4) is 0 Å². The lowest BCUT2D eigenvalue weighted by molar-refractivity contribution is 1.09. The van der Waals surface area contributed by atoms with Crippen molar-refractivity contribution in [2.75, 3.05) is 0 Å². The van der Waals surface area contributed by atoms with Gasteiger partial charge in [0.05, 0.1) is 11.4 Å². The summed E-state index contributed by atoms with van der Waals surface area (Å²) in [6, 6.07) is 12.1. The summed E-state index contributed by atoms with van der Waals surface area (Å²) in [7, 11) is 0. The summed E-state index contributed by atoms with van der Waals surface area (Å²) < 4.78 is 0. The van der Waals surface area contributed by atoms with Gasteiger partial charge in [0.2, 0.25) is 0 Å². The van der Waals surface area contributed by atoms with Crippen molar-refractivity contribution in [3.8, 4) is 22.0 Å². The van der Waals surface area contributed by atoms with Gasteiger partial charge in [-0.1, -0.05) is 30.3 Å². The first kappa shape index (κ1) is 9.30. The Bertz CT molecular complexity index is 569. The van der Waals surface area contributed by atoms with Crippen LogP contribution in [0.1, 0.15) is 0 Å². The third-order valence-electron chi connectivity index (χ3n) is 2.30. The van der Waals surface area contributed by atoms with Crippen LogP contribution in [0, 0.1) is 0 Å². The molecule has 0 aliphatic rings. The molecule has 0 radical (unpaired) electrons. The summed E-state index contributed by atoms with van der Waals surface area (Å²) in [5.74, 6) is 0. The quantitative estimate of drug-likeness (QED) is 0.730. The van der Waals surface area contributed by atoms with Crippen LogP contribution in [-0.2, 0) is 0 Å². The van der Waals surface area contributed by atoms with Crippen LogP contribution in [0.5, 0.6) is 0 Å². The summed E-state index contributed by atoms with van der Waals surface area (Å²) in [4.78, 5) is 4.57. The van der Waals surface area contributed by atoms with E-state index in [9.17, 15) is 0 Å². The van der Waals surface area contributed by atoms with Gasteiger partial charge in [0.1, 0.15) is 5.01 Å². The van der Waals surface area contributed by atoms with Crippen molar-refractivity contribution in [1.29, 1.82) is 0 Å². The van der Waals surface area contributed by atoms with Crippen LogP contribution in [-0.4, -0.2) is 15.2 Å². The molecule has 0 spiro atoms. The van der Waals surface area contributed by atoms with E-state index in [2.05, 4.69) is 32.7 Å². The van der Waals surface area contributed by atoms with Crippen molar-refractivity contribution in [2.24, 2.45) is 0 Å². The molecule has 0 bridgehead atoms. The summed E-state index contributed by atoms with van der Waals surface area (Å²) >= 11 is 1.62. The van der Waals surface area contributed by atoms with E-state index in [1.807, 2.05) is 24.3 Å². The second-order valence-electron chi connectivity index (χ2n) is 3.37. The van der Waals surface area contributed by atoms with Gasteiger partial charge in [-0.3, -0.25) is 5.10 Å². The van der Waals surface area contributed by atoms with E-state index >= 15 is 0 Å². The lowest BCUT2D eigenvalue weighted by Gasteiger charge is -1.93. The van der Waals surface area contributed by atoms with E-state index in [0.29, 0.717) is 0 Å². The number of aromatic amines is 1. The van der Waals surface area contributed by atoms with Crippen LogP contribution >= 0.6 is 11.3 Å². The molecule has 2 aromatic heterocycles. The average molecular weight is 227 g/mol. The summed E-state index contributed by atoms with van der Waals surface area (Å²) in [5.41, 5.74) is 3.12. The van der Waals surface area contributed by atoms with Crippen LogP contribution in [0.2, 0.25) is 0 Å². The Morgan fingerprint density at radius 3 is 2.69 bits per heavy atom. The van der Waals surface area contributed by atoms with Gasteiger partial charge in [-0.25, -0.2) is 4.98 Å². The Labute approximate surface area is 96.8 Å². The summed E-state index contributed by atoms with van der Waals surface area (Å²) in [6.45, 7) is 0. The first-order valence-electron chi connectivity index (χ1n) is 4.94. The molecule has 0 saturated heterocycles. The van der Waals surface area contributed by atoms with Gasteiger partial charge in [0.25, 0.3) is 0 Å². The minimum absolute atomic E-state index is 0.965. The number of hydrogen-bond acceptors (Lipinski definition) is 3. The van der Waals surface area contributed by atoms with Gasteiger partial charge in [-0.15, -0.1) is 11.3 Å². The van der Waals surface area contributed by atoms with E-state index in [1.54, 1.807) is 17.5 Å². The maximum atomic E-state index is 4.57. The van der Waals surface area contributed by atoms with Gasteiger partial charge in [-0.05, 0) is 6.07 Å². The molecule has 3 rings (SSSR count). The van der Waals surface area contributed by atoms with Gasteiger partial charge < -0.3 is 0 Å². The first-order valence-corrected chi connectivity index (χ1v) is 5.82. The summed E-state index contributed by atoms with van der Waals surface area (Å²) in [6.07, 6.45) is 1.74. The number of hydrogen-bond donors (Lipinski definition) is 1. The predicted octanol–water partition coefficient (Wildman–Crippen LogP) is 3.20. The molecule has 0 aliphatic heterocycles. The lowest BCUT2D eigenvalue weighted by atomic mass is 10.2. The number of thiazole rings is 1.